The lowest BCUT2D eigenvalue weighted by molar-refractivity contribution is 0.0950. The molecule has 1 aromatic carbocycles. The van der Waals surface area contributed by atoms with Crippen molar-refractivity contribution in [2.75, 3.05) is 0 Å². The van der Waals surface area contributed by atoms with Crippen molar-refractivity contribution in [1.29, 1.82) is 0 Å². The third-order valence-corrected chi connectivity index (χ3v) is 4.03. The van der Waals surface area contributed by atoms with Gasteiger partial charge >= 0.3 is 0 Å². The molecule has 1 aromatic heterocycles. The second-order valence-corrected chi connectivity index (χ2v) is 5.90. The summed E-state index contributed by atoms with van der Waals surface area (Å²) in [5.41, 5.74) is 0.667. The quantitative estimate of drug-likeness (QED) is 0.919. The second kappa shape index (κ2) is 5.47. The monoisotopic (exact) mass is 309 g/mol. The van der Waals surface area contributed by atoms with Gasteiger partial charge in [-0.25, -0.2) is 0 Å². The third-order valence-electron chi connectivity index (χ3n) is 2.34. The highest BCUT2D eigenvalue weighted by atomic mass is 79.9. The maximum atomic E-state index is 11.9. The van der Waals surface area contributed by atoms with Gasteiger partial charge in [0, 0.05) is 14.2 Å². The average molecular weight is 310 g/mol. The summed E-state index contributed by atoms with van der Waals surface area (Å²) in [5, 5.41) is 2.91. The zero-order chi connectivity index (χ0) is 12.3. The number of carbonyl (C=O) groups excluding carboxylic acids is 1. The molecule has 0 spiro atoms. The van der Waals surface area contributed by atoms with Crippen molar-refractivity contribution >= 4 is 33.2 Å². The molecular formula is C13H12BrNOS. The first-order chi connectivity index (χ1) is 8.16. The number of hydrogen-bond acceptors (Lipinski definition) is 2. The summed E-state index contributed by atoms with van der Waals surface area (Å²) < 4.78 is 0.819. The first kappa shape index (κ1) is 12.3. The van der Waals surface area contributed by atoms with E-state index in [2.05, 4.69) is 34.2 Å². The maximum Gasteiger partial charge on any atom is 0.252 e. The molecule has 1 amide bonds. The minimum Gasteiger partial charge on any atom is -0.347 e. The first-order valence-electron chi connectivity index (χ1n) is 5.25. The minimum atomic E-state index is -0.0523. The first-order valence-corrected chi connectivity index (χ1v) is 6.86. The summed E-state index contributed by atoms with van der Waals surface area (Å²) in [7, 11) is 0. The van der Waals surface area contributed by atoms with Crippen LogP contribution in [0.15, 0.2) is 40.9 Å². The molecule has 0 atom stereocenters. The van der Waals surface area contributed by atoms with E-state index in [4.69, 9.17) is 0 Å². The molecule has 4 heteroatoms. The molecule has 2 nitrogen and oxygen atoms in total. The number of halogens is 1. The van der Waals surface area contributed by atoms with E-state index >= 15 is 0 Å². The number of nitrogens with one attached hydrogen (secondary N) is 1. The number of hydrogen-bond donors (Lipinski definition) is 1. The summed E-state index contributed by atoms with van der Waals surface area (Å²) in [6, 6.07) is 11.5. The highest BCUT2D eigenvalue weighted by Crippen LogP contribution is 2.17. The summed E-state index contributed by atoms with van der Waals surface area (Å²) in [6.45, 7) is 2.64. The molecule has 0 saturated carbocycles. The Morgan fingerprint density at radius 2 is 2.06 bits per heavy atom. The van der Waals surface area contributed by atoms with Crippen LogP contribution in [-0.2, 0) is 6.54 Å². The van der Waals surface area contributed by atoms with Crippen molar-refractivity contribution in [3.8, 4) is 0 Å². The van der Waals surface area contributed by atoms with Gasteiger partial charge in [-0.2, -0.15) is 0 Å². The molecule has 0 aliphatic carbocycles. The SMILES string of the molecule is Cc1ccc(CNC(=O)c2ccccc2Br)s1. The van der Waals surface area contributed by atoms with Crippen molar-refractivity contribution < 1.29 is 4.79 Å². The molecule has 0 aliphatic rings. The van der Waals surface area contributed by atoms with E-state index in [1.165, 1.54) is 9.75 Å². The minimum absolute atomic E-state index is 0.0523. The van der Waals surface area contributed by atoms with Crippen LogP contribution in [0.25, 0.3) is 0 Å². The van der Waals surface area contributed by atoms with Crippen molar-refractivity contribution in [2.24, 2.45) is 0 Å². The smallest absolute Gasteiger partial charge is 0.252 e. The molecule has 0 radical (unpaired) electrons. The van der Waals surface area contributed by atoms with E-state index in [1.807, 2.05) is 24.3 Å². The van der Waals surface area contributed by atoms with Crippen LogP contribution >= 0.6 is 27.3 Å². The summed E-state index contributed by atoms with van der Waals surface area (Å²) >= 11 is 5.07. The van der Waals surface area contributed by atoms with Gasteiger partial charge in [0.1, 0.15) is 0 Å². The molecule has 2 rings (SSSR count). The van der Waals surface area contributed by atoms with Gasteiger partial charge in [0.05, 0.1) is 12.1 Å². The second-order valence-electron chi connectivity index (χ2n) is 3.67. The van der Waals surface area contributed by atoms with Gasteiger partial charge in [-0.1, -0.05) is 12.1 Å². The van der Waals surface area contributed by atoms with E-state index in [0.29, 0.717) is 12.1 Å². The van der Waals surface area contributed by atoms with E-state index in [9.17, 15) is 4.79 Å². The van der Waals surface area contributed by atoms with Crippen LogP contribution in [0.4, 0.5) is 0 Å². The molecular weight excluding hydrogens is 298 g/mol. The molecule has 1 N–H and O–H groups in total. The van der Waals surface area contributed by atoms with Crippen molar-refractivity contribution in [3.05, 3.63) is 56.2 Å². The van der Waals surface area contributed by atoms with Crippen molar-refractivity contribution in [1.82, 2.24) is 5.32 Å². The van der Waals surface area contributed by atoms with E-state index in [1.54, 1.807) is 17.4 Å². The number of thiophene rings is 1. The molecule has 0 saturated heterocycles. The van der Waals surface area contributed by atoms with Crippen LogP contribution < -0.4 is 5.32 Å². The van der Waals surface area contributed by atoms with Crippen LogP contribution in [0.5, 0.6) is 0 Å². The number of aryl methyl sites for hydroxylation is 1. The number of amides is 1. The molecule has 0 aliphatic heterocycles. The Morgan fingerprint density at radius 3 is 2.71 bits per heavy atom. The average Bonchev–Trinajstić information content (AvgIpc) is 2.73. The molecule has 88 valence electrons. The topological polar surface area (TPSA) is 29.1 Å². The van der Waals surface area contributed by atoms with Gasteiger partial charge in [0.25, 0.3) is 5.91 Å². The lowest BCUT2D eigenvalue weighted by Gasteiger charge is -2.05. The Morgan fingerprint density at radius 1 is 1.29 bits per heavy atom. The Balaban J connectivity index is 2.01. The third kappa shape index (κ3) is 3.17. The largest absolute Gasteiger partial charge is 0.347 e. The zero-order valence-electron chi connectivity index (χ0n) is 9.37. The highest BCUT2D eigenvalue weighted by molar-refractivity contribution is 9.10. The Labute approximate surface area is 113 Å². The fourth-order valence-corrected chi connectivity index (χ4v) is 2.78. The molecule has 17 heavy (non-hydrogen) atoms. The number of carbonyl (C=O) groups is 1. The Hall–Kier alpha value is -1.13. The molecule has 0 unspecified atom stereocenters. The normalized spacial score (nSPS) is 10.2. The van der Waals surface area contributed by atoms with Gasteiger partial charge in [-0.3, -0.25) is 4.79 Å². The van der Waals surface area contributed by atoms with Gasteiger partial charge in [-0.15, -0.1) is 11.3 Å². The standard InChI is InChI=1S/C13H12BrNOS/c1-9-6-7-10(17-9)8-15-13(16)11-4-2-3-5-12(11)14/h2-7H,8H2,1H3,(H,15,16). The maximum absolute atomic E-state index is 11.9. The zero-order valence-corrected chi connectivity index (χ0v) is 11.8. The van der Waals surface area contributed by atoms with E-state index < -0.39 is 0 Å². The Kier molecular flexibility index (Phi) is 3.97. The predicted molar refractivity (Wildman–Crippen MR) is 74.4 cm³/mol. The summed E-state index contributed by atoms with van der Waals surface area (Å²) in [4.78, 5) is 14.3. The predicted octanol–water partition coefficient (Wildman–Crippen LogP) is 3.75. The van der Waals surface area contributed by atoms with Crippen molar-refractivity contribution in [3.63, 3.8) is 0 Å². The molecule has 0 fully saturated rings. The lowest BCUT2D eigenvalue weighted by Crippen LogP contribution is -2.22. The van der Waals surface area contributed by atoms with Crippen LogP contribution in [0.2, 0.25) is 0 Å². The van der Waals surface area contributed by atoms with E-state index in [-0.39, 0.29) is 5.91 Å². The van der Waals surface area contributed by atoms with Crippen LogP contribution in [0.3, 0.4) is 0 Å². The number of rotatable bonds is 3. The lowest BCUT2D eigenvalue weighted by atomic mass is 10.2. The molecule has 0 bridgehead atoms. The highest BCUT2D eigenvalue weighted by Gasteiger charge is 2.08. The van der Waals surface area contributed by atoms with Gasteiger partial charge in [0.2, 0.25) is 0 Å². The van der Waals surface area contributed by atoms with Crippen LogP contribution in [0, 0.1) is 6.92 Å². The molecule has 1 heterocycles. The fourth-order valence-electron chi connectivity index (χ4n) is 1.49. The van der Waals surface area contributed by atoms with Gasteiger partial charge in [0.15, 0.2) is 0 Å². The van der Waals surface area contributed by atoms with Crippen molar-refractivity contribution in [2.45, 2.75) is 13.5 Å². The summed E-state index contributed by atoms with van der Waals surface area (Å²) in [5.74, 6) is -0.0523. The van der Waals surface area contributed by atoms with E-state index in [0.717, 1.165) is 4.47 Å². The van der Waals surface area contributed by atoms with Crippen LogP contribution in [0.1, 0.15) is 20.1 Å². The molecule has 2 aromatic rings. The van der Waals surface area contributed by atoms with Gasteiger partial charge < -0.3 is 5.32 Å². The summed E-state index contributed by atoms with van der Waals surface area (Å²) in [6.07, 6.45) is 0. The number of benzene rings is 1. The Bertz CT molecular complexity index is 536. The fraction of sp³-hybridized carbons (Fsp3) is 0.154. The van der Waals surface area contributed by atoms with Gasteiger partial charge in [-0.05, 0) is 47.1 Å². The van der Waals surface area contributed by atoms with Crippen LogP contribution in [-0.4, -0.2) is 5.91 Å².